The van der Waals surface area contributed by atoms with E-state index in [1.807, 2.05) is 46.3 Å². The van der Waals surface area contributed by atoms with Crippen LogP contribution < -0.4 is 10.0 Å². The SMILES string of the molecule is Cc1cc(Cc2cnc(NCCSCc3ccc(CN(C)C)o3)[n+]([O-])c2)cnc1C. The highest BCUT2D eigenvalue weighted by Gasteiger charge is 2.09. The number of aryl methyl sites for hydroxylation is 2. The highest BCUT2D eigenvalue weighted by atomic mass is 32.2. The van der Waals surface area contributed by atoms with E-state index in [2.05, 4.69) is 26.3 Å². The second kappa shape index (κ2) is 10.4. The van der Waals surface area contributed by atoms with Crippen LogP contribution in [0.5, 0.6) is 0 Å². The Morgan fingerprint density at radius 1 is 1.13 bits per heavy atom. The molecule has 7 nitrogen and oxygen atoms in total. The van der Waals surface area contributed by atoms with Gasteiger partial charge in [-0.25, -0.2) is 4.73 Å². The van der Waals surface area contributed by atoms with E-state index in [9.17, 15) is 5.21 Å². The highest BCUT2D eigenvalue weighted by Crippen LogP contribution is 2.16. The van der Waals surface area contributed by atoms with E-state index in [1.165, 1.54) is 0 Å². The number of thioether (sulfide) groups is 1. The molecule has 3 aromatic heterocycles. The average molecular weight is 428 g/mol. The fourth-order valence-electron chi connectivity index (χ4n) is 3.00. The third-order valence-corrected chi connectivity index (χ3v) is 5.59. The normalized spacial score (nSPS) is 11.2. The van der Waals surface area contributed by atoms with E-state index in [-0.39, 0.29) is 0 Å². The first kappa shape index (κ1) is 22.1. The minimum Gasteiger partial charge on any atom is -0.740 e. The number of aromatic nitrogens is 3. The number of rotatable bonds is 10. The molecule has 0 radical (unpaired) electrons. The number of hydrogen-bond acceptors (Lipinski definition) is 7. The molecular formula is C22H29N5O2S. The van der Waals surface area contributed by atoms with Gasteiger partial charge in [0.05, 0.1) is 25.0 Å². The molecule has 0 atom stereocenters. The minimum absolute atomic E-state index is 0.323. The van der Waals surface area contributed by atoms with E-state index in [0.717, 1.165) is 56.7 Å². The zero-order valence-electron chi connectivity index (χ0n) is 18.0. The Morgan fingerprint density at radius 2 is 1.90 bits per heavy atom. The molecule has 3 rings (SSSR count). The Hall–Kier alpha value is -2.58. The van der Waals surface area contributed by atoms with Gasteiger partial charge in [-0.2, -0.15) is 11.8 Å². The van der Waals surface area contributed by atoms with Crippen molar-refractivity contribution in [1.82, 2.24) is 14.9 Å². The lowest BCUT2D eigenvalue weighted by atomic mass is 10.1. The molecule has 0 spiro atoms. The minimum atomic E-state index is 0.323. The predicted octanol–water partition coefficient (Wildman–Crippen LogP) is 3.32. The van der Waals surface area contributed by atoms with Crippen molar-refractivity contribution in [2.75, 3.05) is 31.7 Å². The van der Waals surface area contributed by atoms with Gasteiger partial charge in [-0.3, -0.25) is 10.3 Å². The summed E-state index contributed by atoms with van der Waals surface area (Å²) in [4.78, 5) is 10.7. The molecule has 0 aliphatic heterocycles. The molecule has 8 heteroatoms. The van der Waals surface area contributed by atoms with Crippen molar-refractivity contribution >= 4 is 17.7 Å². The van der Waals surface area contributed by atoms with Gasteiger partial charge >= 0.3 is 5.95 Å². The number of nitrogens with one attached hydrogen (secondary N) is 1. The highest BCUT2D eigenvalue weighted by molar-refractivity contribution is 7.98. The Labute approximate surface area is 182 Å². The number of hydrogen-bond donors (Lipinski definition) is 1. The summed E-state index contributed by atoms with van der Waals surface area (Å²) in [5, 5.41) is 15.4. The van der Waals surface area contributed by atoms with Crippen molar-refractivity contribution in [1.29, 1.82) is 0 Å². The molecule has 0 aliphatic rings. The maximum Gasteiger partial charge on any atom is 0.391 e. The first-order valence-corrected chi connectivity index (χ1v) is 11.1. The maximum absolute atomic E-state index is 12.3. The first-order chi connectivity index (χ1) is 14.4. The van der Waals surface area contributed by atoms with Gasteiger partial charge in [-0.05, 0) is 51.2 Å². The van der Waals surface area contributed by atoms with E-state index < -0.39 is 0 Å². The Morgan fingerprint density at radius 3 is 2.63 bits per heavy atom. The average Bonchev–Trinajstić information content (AvgIpc) is 3.12. The molecule has 0 fully saturated rings. The molecule has 0 unspecified atom stereocenters. The maximum atomic E-state index is 12.3. The van der Waals surface area contributed by atoms with Crippen molar-refractivity contribution < 1.29 is 9.15 Å². The Bertz CT molecular complexity index is 974. The molecule has 0 saturated heterocycles. The first-order valence-electron chi connectivity index (χ1n) is 9.95. The van der Waals surface area contributed by atoms with Gasteiger partial charge in [0.2, 0.25) is 0 Å². The lowest BCUT2D eigenvalue weighted by Gasteiger charge is -2.10. The lowest BCUT2D eigenvalue weighted by Crippen LogP contribution is -2.33. The van der Waals surface area contributed by atoms with E-state index in [0.29, 0.717) is 18.9 Å². The van der Waals surface area contributed by atoms with Gasteiger partial charge in [-0.15, -0.1) is 0 Å². The van der Waals surface area contributed by atoms with Crippen LogP contribution in [0, 0.1) is 19.1 Å². The molecule has 160 valence electrons. The Kier molecular flexibility index (Phi) is 7.70. The van der Waals surface area contributed by atoms with E-state index in [4.69, 9.17) is 4.42 Å². The molecule has 3 heterocycles. The van der Waals surface area contributed by atoms with Gasteiger partial charge in [0.1, 0.15) is 17.7 Å². The van der Waals surface area contributed by atoms with Crippen LogP contribution in [0.4, 0.5) is 5.95 Å². The molecule has 0 amide bonds. The molecule has 0 bridgehead atoms. The van der Waals surface area contributed by atoms with Crippen LogP contribution >= 0.6 is 11.8 Å². The summed E-state index contributed by atoms with van der Waals surface area (Å²) in [6.45, 7) is 5.49. The fourth-order valence-corrected chi connectivity index (χ4v) is 3.75. The van der Waals surface area contributed by atoms with Crippen molar-refractivity contribution in [2.45, 2.75) is 32.6 Å². The van der Waals surface area contributed by atoms with Crippen LogP contribution in [-0.4, -0.2) is 41.3 Å². The summed E-state index contributed by atoms with van der Waals surface area (Å²) < 4.78 is 6.60. The van der Waals surface area contributed by atoms with Crippen LogP contribution in [0.15, 0.2) is 41.2 Å². The van der Waals surface area contributed by atoms with Crippen LogP contribution in [0.2, 0.25) is 0 Å². The smallest absolute Gasteiger partial charge is 0.391 e. The summed E-state index contributed by atoms with van der Waals surface area (Å²) in [5.41, 5.74) is 4.11. The second-order valence-electron chi connectivity index (χ2n) is 7.62. The van der Waals surface area contributed by atoms with Crippen molar-refractivity contribution in [3.8, 4) is 0 Å². The fraction of sp³-hybridized carbons (Fsp3) is 0.409. The van der Waals surface area contributed by atoms with Crippen LogP contribution in [-0.2, 0) is 18.7 Å². The van der Waals surface area contributed by atoms with Gasteiger partial charge in [0, 0.05) is 29.6 Å². The molecule has 0 aromatic carbocycles. The topological polar surface area (TPSA) is 81.1 Å². The van der Waals surface area contributed by atoms with Crippen molar-refractivity contribution in [3.05, 3.63) is 75.9 Å². The largest absolute Gasteiger partial charge is 0.740 e. The summed E-state index contributed by atoms with van der Waals surface area (Å²) in [5.74, 6) is 3.93. The lowest BCUT2D eigenvalue weighted by molar-refractivity contribution is -0.593. The number of pyridine rings is 1. The van der Waals surface area contributed by atoms with Gasteiger partial charge < -0.3 is 14.5 Å². The van der Waals surface area contributed by atoms with Crippen LogP contribution in [0.1, 0.15) is 33.9 Å². The van der Waals surface area contributed by atoms with Crippen molar-refractivity contribution in [3.63, 3.8) is 0 Å². The zero-order chi connectivity index (χ0) is 21.5. The van der Waals surface area contributed by atoms with E-state index >= 15 is 0 Å². The number of furan rings is 1. The number of anilines is 1. The van der Waals surface area contributed by atoms with Crippen molar-refractivity contribution in [2.24, 2.45) is 0 Å². The third-order valence-electron chi connectivity index (χ3n) is 4.61. The van der Waals surface area contributed by atoms with E-state index in [1.54, 1.807) is 24.2 Å². The third kappa shape index (κ3) is 6.47. The summed E-state index contributed by atoms with van der Waals surface area (Å²) in [6, 6.07) is 6.15. The predicted molar refractivity (Wildman–Crippen MR) is 120 cm³/mol. The molecular weight excluding hydrogens is 398 g/mol. The molecule has 0 aliphatic carbocycles. The Balaban J connectivity index is 1.43. The van der Waals surface area contributed by atoms with Gasteiger partial charge in [0.25, 0.3) is 0 Å². The standard InChI is InChI=1S/C22H29N5O2S/c1-16-9-18(11-24-17(16)2)10-19-12-25-22(27(28)13-19)23-7-8-30-15-21-6-5-20(29-21)14-26(3)4/h5-6,9,11-13H,7-8,10,14-15H2,1-4H3,(H,23,25). The summed E-state index contributed by atoms with van der Waals surface area (Å²) in [7, 11) is 4.04. The second-order valence-corrected chi connectivity index (χ2v) is 8.72. The quantitative estimate of drug-likeness (QED) is 0.302. The molecule has 1 N–H and O–H groups in total. The zero-order valence-corrected chi connectivity index (χ0v) is 18.8. The number of nitrogens with zero attached hydrogens (tertiary/aromatic N) is 4. The van der Waals surface area contributed by atoms with Gasteiger partial charge in [-0.1, -0.05) is 11.1 Å². The monoisotopic (exact) mass is 427 g/mol. The summed E-state index contributed by atoms with van der Waals surface area (Å²) in [6.07, 6.45) is 5.81. The van der Waals surface area contributed by atoms with Crippen LogP contribution in [0.25, 0.3) is 0 Å². The van der Waals surface area contributed by atoms with Crippen LogP contribution in [0.3, 0.4) is 0 Å². The van der Waals surface area contributed by atoms with Gasteiger partial charge in [0.15, 0.2) is 0 Å². The molecule has 30 heavy (non-hydrogen) atoms. The summed E-state index contributed by atoms with van der Waals surface area (Å²) >= 11 is 1.76. The molecule has 0 saturated carbocycles. The molecule has 3 aromatic rings.